The van der Waals surface area contributed by atoms with E-state index in [1.165, 1.54) is 21.7 Å². The topological polar surface area (TPSA) is 40.6 Å². The molecule has 5 heteroatoms. The molecule has 0 amide bonds. The van der Waals surface area contributed by atoms with Crippen molar-refractivity contribution in [1.82, 2.24) is 23.9 Å². The molecule has 4 aromatic heterocycles. The SMILES string of the molecule is c1cc(-n2c3ccccc3c3ccc(-n4cc5ccccc5n4)cc32)cc(-n2c3ccccc3c3cccnc32)c1. The molecule has 0 spiro atoms. The van der Waals surface area contributed by atoms with Gasteiger partial charge in [-0.1, -0.05) is 66.7 Å². The van der Waals surface area contributed by atoms with Gasteiger partial charge in [0.15, 0.2) is 0 Å². The van der Waals surface area contributed by atoms with Gasteiger partial charge in [-0.15, -0.1) is 0 Å². The van der Waals surface area contributed by atoms with Gasteiger partial charge in [0.05, 0.1) is 27.8 Å². The number of nitrogens with zero attached hydrogens (tertiary/aromatic N) is 5. The average molecular weight is 526 g/mol. The highest BCUT2D eigenvalue weighted by Gasteiger charge is 2.16. The van der Waals surface area contributed by atoms with Crippen LogP contribution in [-0.4, -0.2) is 23.9 Å². The molecular weight excluding hydrogens is 502 g/mol. The van der Waals surface area contributed by atoms with E-state index in [9.17, 15) is 0 Å². The van der Waals surface area contributed by atoms with Crippen LogP contribution >= 0.6 is 0 Å². The van der Waals surface area contributed by atoms with Crippen molar-refractivity contribution in [3.8, 4) is 17.1 Å². The van der Waals surface area contributed by atoms with Crippen LogP contribution in [0.15, 0.2) is 140 Å². The van der Waals surface area contributed by atoms with Crippen LogP contribution in [-0.2, 0) is 0 Å². The van der Waals surface area contributed by atoms with Crippen molar-refractivity contribution in [2.75, 3.05) is 0 Å². The van der Waals surface area contributed by atoms with Crippen LogP contribution in [0.1, 0.15) is 0 Å². The average Bonchev–Trinajstić information content (AvgIpc) is 3.71. The van der Waals surface area contributed by atoms with Crippen LogP contribution in [0.2, 0.25) is 0 Å². The number of benzene rings is 5. The Bertz CT molecular complexity index is 2350. The molecule has 4 heterocycles. The Kier molecular flexibility index (Phi) is 4.55. The Morgan fingerprint density at radius 3 is 2.00 bits per heavy atom. The fraction of sp³-hybridized carbons (Fsp3) is 0. The molecule has 0 aliphatic carbocycles. The molecule has 0 N–H and O–H groups in total. The van der Waals surface area contributed by atoms with Crippen LogP contribution in [0.3, 0.4) is 0 Å². The van der Waals surface area contributed by atoms with Crippen LogP contribution in [0, 0.1) is 0 Å². The third-order valence-corrected chi connectivity index (χ3v) is 8.12. The van der Waals surface area contributed by atoms with E-state index in [0.717, 1.165) is 50.0 Å². The summed E-state index contributed by atoms with van der Waals surface area (Å²) in [6.07, 6.45) is 3.97. The van der Waals surface area contributed by atoms with Crippen LogP contribution in [0.4, 0.5) is 0 Å². The molecule has 192 valence electrons. The summed E-state index contributed by atoms with van der Waals surface area (Å²) < 4.78 is 6.61. The number of hydrogen-bond acceptors (Lipinski definition) is 2. The van der Waals surface area contributed by atoms with Gasteiger partial charge in [-0.3, -0.25) is 4.57 Å². The molecule has 0 atom stereocenters. The predicted molar refractivity (Wildman–Crippen MR) is 168 cm³/mol. The molecule has 0 fully saturated rings. The molecule has 0 aliphatic rings. The summed E-state index contributed by atoms with van der Waals surface area (Å²) in [6, 6.07) is 44.9. The van der Waals surface area contributed by atoms with E-state index in [2.05, 4.69) is 131 Å². The first-order valence-electron chi connectivity index (χ1n) is 13.8. The Hall–Kier alpha value is -5.68. The maximum absolute atomic E-state index is 4.85. The van der Waals surface area contributed by atoms with Crippen LogP contribution < -0.4 is 0 Å². The van der Waals surface area contributed by atoms with Gasteiger partial charge in [-0.2, -0.15) is 5.10 Å². The van der Waals surface area contributed by atoms with Crippen molar-refractivity contribution in [3.63, 3.8) is 0 Å². The molecule has 5 nitrogen and oxygen atoms in total. The van der Waals surface area contributed by atoms with Crippen molar-refractivity contribution in [3.05, 3.63) is 140 Å². The summed E-state index contributed by atoms with van der Waals surface area (Å²) in [5, 5.41) is 10.8. The Balaban J connectivity index is 1.30. The lowest BCUT2D eigenvalue weighted by Crippen LogP contribution is -2.00. The number of hydrogen-bond donors (Lipinski definition) is 0. The van der Waals surface area contributed by atoms with E-state index in [1.807, 2.05) is 23.0 Å². The first kappa shape index (κ1) is 22.2. The molecule has 0 bridgehead atoms. The zero-order valence-electron chi connectivity index (χ0n) is 22.0. The van der Waals surface area contributed by atoms with E-state index in [1.54, 1.807) is 0 Å². The fourth-order valence-electron chi connectivity index (χ4n) is 6.30. The first-order chi connectivity index (χ1) is 20.3. The van der Waals surface area contributed by atoms with Crippen LogP contribution in [0.25, 0.3) is 71.7 Å². The van der Waals surface area contributed by atoms with Crippen molar-refractivity contribution >= 4 is 54.6 Å². The smallest absolute Gasteiger partial charge is 0.145 e. The summed E-state index contributed by atoms with van der Waals surface area (Å²) in [5.74, 6) is 0. The molecule has 0 saturated carbocycles. The van der Waals surface area contributed by atoms with Gasteiger partial charge in [-0.25, -0.2) is 9.67 Å². The summed E-state index contributed by atoms with van der Waals surface area (Å²) in [6.45, 7) is 0. The summed E-state index contributed by atoms with van der Waals surface area (Å²) in [5.41, 5.74) is 8.60. The zero-order valence-corrected chi connectivity index (χ0v) is 22.0. The van der Waals surface area contributed by atoms with Crippen molar-refractivity contribution in [1.29, 1.82) is 0 Å². The quantitative estimate of drug-likeness (QED) is 0.232. The highest BCUT2D eigenvalue weighted by atomic mass is 15.3. The third kappa shape index (κ3) is 3.23. The predicted octanol–water partition coefficient (Wildman–Crippen LogP) is 8.61. The second kappa shape index (κ2) is 8.41. The zero-order chi connectivity index (χ0) is 26.9. The van der Waals surface area contributed by atoms with Crippen molar-refractivity contribution in [2.24, 2.45) is 0 Å². The van der Waals surface area contributed by atoms with Gasteiger partial charge in [0.1, 0.15) is 5.65 Å². The van der Waals surface area contributed by atoms with Gasteiger partial charge >= 0.3 is 0 Å². The molecule has 0 unspecified atom stereocenters. The van der Waals surface area contributed by atoms with E-state index < -0.39 is 0 Å². The normalized spacial score (nSPS) is 11.9. The van der Waals surface area contributed by atoms with E-state index in [0.29, 0.717) is 0 Å². The second-order valence-electron chi connectivity index (χ2n) is 10.4. The lowest BCUT2D eigenvalue weighted by atomic mass is 10.1. The minimum absolute atomic E-state index is 0.959. The number of fused-ring (bicyclic) bond motifs is 7. The van der Waals surface area contributed by atoms with Gasteiger partial charge in [-0.05, 0) is 60.7 Å². The highest BCUT2D eigenvalue weighted by molar-refractivity contribution is 6.10. The molecule has 0 radical (unpaired) electrons. The standard InChI is InChI=1S/C36H23N5/c1-4-15-32-24(9-1)23-39(38-32)25-18-19-30-28-12-2-5-16-33(28)40(35(30)22-25)26-10-7-11-27(21-26)41-34-17-6-3-13-29(34)31-14-8-20-37-36(31)41/h1-23H. The van der Waals surface area contributed by atoms with Crippen LogP contribution in [0.5, 0.6) is 0 Å². The fourth-order valence-corrected chi connectivity index (χ4v) is 6.30. The van der Waals surface area contributed by atoms with Gasteiger partial charge in [0, 0.05) is 50.7 Å². The van der Waals surface area contributed by atoms with Gasteiger partial charge in [0.25, 0.3) is 0 Å². The van der Waals surface area contributed by atoms with Crippen molar-refractivity contribution < 1.29 is 0 Å². The monoisotopic (exact) mass is 525 g/mol. The summed E-state index contributed by atoms with van der Waals surface area (Å²) in [4.78, 5) is 4.80. The Morgan fingerprint density at radius 2 is 1.15 bits per heavy atom. The van der Waals surface area contributed by atoms with E-state index >= 15 is 0 Å². The maximum Gasteiger partial charge on any atom is 0.145 e. The number of pyridine rings is 1. The number of aromatic nitrogens is 5. The van der Waals surface area contributed by atoms with Crippen molar-refractivity contribution in [2.45, 2.75) is 0 Å². The summed E-state index contributed by atoms with van der Waals surface area (Å²) >= 11 is 0. The number of para-hydroxylation sites is 2. The summed E-state index contributed by atoms with van der Waals surface area (Å²) in [7, 11) is 0. The molecule has 0 saturated heterocycles. The molecule has 5 aromatic carbocycles. The van der Waals surface area contributed by atoms with Gasteiger partial charge in [0.2, 0.25) is 0 Å². The lowest BCUT2D eigenvalue weighted by molar-refractivity contribution is 0.897. The van der Waals surface area contributed by atoms with E-state index in [4.69, 9.17) is 10.1 Å². The first-order valence-corrected chi connectivity index (χ1v) is 13.8. The number of rotatable bonds is 3. The van der Waals surface area contributed by atoms with E-state index in [-0.39, 0.29) is 0 Å². The molecule has 41 heavy (non-hydrogen) atoms. The third-order valence-electron chi connectivity index (χ3n) is 8.12. The second-order valence-corrected chi connectivity index (χ2v) is 10.4. The largest absolute Gasteiger partial charge is 0.309 e. The molecule has 9 rings (SSSR count). The Morgan fingerprint density at radius 1 is 0.463 bits per heavy atom. The maximum atomic E-state index is 4.85. The Labute approximate surface area is 235 Å². The molecule has 9 aromatic rings. The minimum atomic E-state index is 0.959. The minimum Gasteiger partial charge on any atom is -0.309 e. The molecule has 0 aliphatic heterocycles. The highest BCUT2D eigenvalue weighted by Crippen LogP contribution is 2.35. The van der Waals surface area contributed by atoms with Gasteiger partial charge < -0.3 is 4.57 Å². The molecular formula is C36H23N5. The lowest BCUT2D eigenvalue weighted by Gasteiger charge is -2.12.